The molecule has 0 bridgehead atoms. The number of para-hydroxylation sites is 1. The molecule has 154 valence electrons. The van der Waals surface area contributed by atoms with E-state index in [4.69, 9.17) is 0 Å². The molecule has 4 rings (SSSR count). The van der Waals surface area contributed by atoms with Gasteiger partial charge >= 0.3 is 0 Å². The number of carbonyl (C=O) groups excluding carboxylic acids is 2. The molecule has 1 saturated heterocycles. The van der Waals surface area contributed by atoms with Gasteiger partial charge in [0.25, 0.3) is 0 Å². The second-order valence-corrected chi connectivity index (χ2v) is 7.56. The number of tetrazole rings is 1. The van der Waals surface area contributed by atoms with Crippen LogP contribution in [0.3, 0.4) is 0 Å². The first-order valence-electron chi connectivity index (χ1n) is 10.1. The lowest BCUT2D eigenvalue weighted by atomic mass is 9.96. The predicted molar refractivity (Wildman–Crippen MR) is 113 cm³/mol. The van der Waals surface area contributed by atoms with Crippen molar-refractivity contribution in [2.45, 2.75) is 32.6 Å². The Morgan fingerprint density at radius 2 is 1.97 bits per heavy atom. The molecule has 2 amide bonds. The molecule has 1 aliphatic heterocycles. The summed E-state index contributed by atoms with van der Waals surface area (Å²) >= 11 is 0. The maximum absolute atomic E-state index is 12.8. The summed E-state index contributed by atoms with van der Waals surface area (Å²) < 4.78 is 1.54. The van der Waals surface area contributed by atoms with Gasteiger partial charge in [0.2, 0.25) is 11.8 Å². The normalized spacial score (nSPS) is 17.2. The fraction of sp³-hybridized carbons (Fsp3) is 0.318. The predicted octanol–water partition coefficient (Wildman–Crippen LogP) is 3.17. The van der Waals surface area contributed by atoms with Crippen molar-refractivity contribution < 1.29 is 9.59 Å². The van der Waals surface area contributed by atoms with Crippen molar-refractivity contribution in [1.29, 1.82) is 0 Å². The molecule has 0 radical (unpaired) electrons. The molecule has 1 fully saturated rings. The van der Waals surface area contributed by atoms with Crippen LogP contribution in [0.2, 0.25) is 0 Å². The fourth-order valence-corrected chi connectivity index (χ4v) is 3.71. The molecule has 8 nitrogen and oxygen atoms in total. The van der Waals surface area contributed by atoms with Crippen molar-refractivity contribution in [2.75, 3.05) is 16.8 Å². The first kappa shape index (κ1) is 19.8. The minimum atomic E-state index is -0.387. The van der Waals surface area contributed by atoms with Crippen LogP contribution < -0.4 is 10.2 Å². The number of aromatic nitrogens is 4. The van der Waals surface area contributed by atoms with E-state index in [0.29, 0.717) is 18.2 Å². The minimum Gasteiger partial charge on any atom is -0.326 e. The molecule has 2 heterocycles. The van der Waals surface area contributed by atoms with Crippen LogP contribution in [-0.2, 0) is 9.59 Å². The summed E-state index contributed by atoms with van der Waals surface area (Å²) in [6, 6.07) is 15.2. The molecule has 2 atom stereocenters. The van der Waals surface area contributed by atoms with Crippen molar-refractivity contribution >= 4 is 23.2 Å². The molecule has 1 aromatic heterocycles. The quantitative estimate of drug-likeness (QED) is 0.681. The second-order valence-electron chi connectivity index (χ2n) is 7.56. The molecule has 2 aromatic carbocycles. The second kappa shape index (κ2) is 8.44. The lowest BCUT2D eigenvalue weighted by Crippen LogP contribution is -2.29. The van der Waals surface area contributed by atoms with E-state index in [1.807, 2.05) is 30.3 Å². The molecule has 1 aliphatic rings. The first-order valence-corrected chi connectivity index (χ1v) is 10.1. The monoisotopic (exact) mass is 404 g/mol. The van der Waals surface area contributed by atoms with Crippen LogP contribution in [0.15, 0.2) is 54.9 Å². The summed E-state index contributed by atoms with van der Waals surface area (Å²) in [5.74, 6) is -0.204. The van der Waals surface area contributed by atoms with E-state index in [0.717, 1.165) is 23.4 Å². The molecule has 3 aromatic rings. The van der Waals surface area contributed by atoms with Gasteiger partial charge in [0.05, 0.1) is 11.6 Å². The largest absolute Gasteiger partial charge is 0.326 e. The Balaban J connectivity index is 1.45. The number of amides is 2. The average molecular weight is 404 g/mol. The Hall–Kier alpha value is -3.55. The zero-order valence-corrected chi connectivity index (χ0v) is 17.0. The van der Waals surface area contributed by atoms with E-state index in [9.17, 15) is 9.59 Å². The summed E-state index contributed by atoms with van der Waals surface area (Å²) in [4.78, 5) is 27.3. The van der Waals surface area contributed by atoms with Crippen molar-refractivity contribution in [2.24, 2.45) is 5.92 Å². The van der Waals surface area contributed by atoms with Gasteiger partial charge in [0.15, 0.2) is 0 Å². The molecule has 30 heavy (non-hydrogen) atoms. The van der Waals surface area contributed by atoms with Crippen molar-refractivity contribution in [3.8, 4) is 5.69 Å². The zero-order valence-electron chi connectivity index (χ0n) is 17.0. The van der Waals surface area contributed by atoms with Gasteiger partial charge < -0.3 is 10.2 Å². The van der Waals surface area contributed by atoms with Crippen LogP contribution in [-0.4, -0.2) is 38.6 Å². The molecule has 0 unspecified atom stereocenters. The smallest absolute Gasteiger partial charge is 0.229 e. The highest BCUT2D eigenvalue weighted by Gasteiger charge is 2.36. The highest BCUT2D eigenvalue weighted by molar-refractivity contribution is 6.03. The summed E-state index contributed by atoms with van der Waals surface area (Å²) in [6.45, 7) is 4.68. The van der Waals surface area contributed by atoms with Gasteiger partial charge in [-0.1, -0.05) is 32.0 Å². The van der Waals surface area contributed by atoms with Crippen LogP contribution in [0.25, 0.3) is 5.69 Å². The average Bonchev–Trinajstić information content (AvgIpc) is 3.44. The third kappa shape index (κ3) is 3.94. The molecule has 0 spiro atoms. The number of nitrogens with zero attached hydrogens (tertiary/aromatic N) is 5. The van der Waals surface area contributed by atoms with Gasteiger partial charge in [-0.05, 0) is 58.7 Å². The Morgan fingerprint density at radius 1 is 1.20 bits per heavy atom. The number of rotatable bonds is 6. The minimum absolute atomic E-state index is 0.0140. The van der Waals surface area contributed by atoms with Crippen LogP contribution in [0.1, 0.15) is 38.2 Å². The van der Waals surface area contributed by atoms with Gasteiger partial charge in [0, 0.05) is 24.3 Å². The molecule has 0 aliphatic carbocycles. The van der Waals surface area contributed by atoms with Gasteiger partial charge in [0.1, 0.15) is 6.33 Å². The first-order chi connectivity index (χ1) is 14.6. The van der Waals surface area contributed by atoms with E-state index in [1.54, 1.807) is 17.0 Å². The molecule has 1 N–H and O–H groups in total. The van der Waals surface area contributed by atoms with Crippen molar-refractivity contribution in [3.63, 3.8) is 0 Å². The third-order valence-electron chi connectivity index (χ3n) is 5.62. The van der Waals surface area contributed by atoms with Crippen molar-refractivity contribution in [3.05, 3.63) is 60.4 Å². The topological polar surface area (TPSA) is 93.0 Å². The van der Waals surface area contributed by atoms with Gasteiger partial charge in [-0.25, -0.2) is 4.68 Å². The molecular weight excluding hydrogens is 380 g/mol. The number of benzene rings is 2. The van der Waals surface area contributed by atoms with E-state index < -0.39 is 0 Å². The Labute approximate surface area is 174 Å². The Bertz CT molecular complexity index is 1030. The van der Waals surface area contributed by atoms with E-state index in [1.165, 1.54) is 11.0 Å². The van der Waals surface area contributed by atoms with E-state index in [2.05, 4.69) is 40.8 Å². The molecule has 8 heteroatoms. The summed E-state index contributed by atoms with van der Waals surface area (Å²) in [7, 11) is 0. The van der Waals surface area contributed by atoms with Crippen LogP contribution in [0.4, 0.5) is 11.4 Å². The standard InChI is InChI=1S/C22H24N6O2/c1-3-15(2)19-6-4-5-7-20(19)27-13-16(12-21(27)29)22(30)24-17-8-10-18(11-9-17)28-14-23-25-26-28/h4-11,14-16H,3,12-13H2,1-2H3,(H,24,30)/t15-,16-/m1/s1. The zero-order chi connectivity index (χ0) is 21.1. The highest BCUT2D eigenvalue weighted by atomic mass is 16.2. The number of nitrogens with one attached hydrogen (secondary N) is 1. The molecule has 0 saturated carbocycles. The Morgan fingerprint density at radius 3 is 2.67 bits per heavy atom. The maximum Gasteiger partial charge on any atom is 0.229 e. The van der Waals surface area contributed by atoms with E-state index >= 15 is 0 Å². The number of anilines is 2. The van der Waals surface area contributed by atoms with Crippen LogP contribution in [0, 0.1) is 5.92 Å². The number of hydrogen-bond acceptors (Lipinski definition) is 5. The van der Waals surface area contributed by atoms with E-state index in [-0.39, 0.29) is 24.2 Å². The number of carbonyl (C=O) groups is 2. The maximum atomic E-state index is 12.8. The lowest BCUT2D eigenvalue weighted by Gasteiger charge is -2.23. The lowest BCUT2D eigenvalue weighted by molar-refractivity contribution is -0.122. The Kier molecular flexibility index (Phi) is 5.56. The summed E-state index contributed by atoms with van der Waals surface area (Å²) in [6.07, 6.45) is 2.70. The number of hydrogen-bond donors (Lipinski definition) is 1. The SMILES string of the molecule is CC[C@@H](C)c1ccccc1N1C[C@H](C(=O)Nc2ccc(-n3cnnn3)cc2)CC1=O. The summed E-state index contributed by atoms with van der Waals surface area (Å²) in [5.41, 5.74) is 3.52. The van der Waals surface area contributed by atoms with Gasteiger partial charge in [-0.15, -0.1) is 5.10 Å². The van der Waals surface area contributed by atoms with Crippen molar-refractivity contribution in [1.82, 2.24) is 20.2 Å². The highest BCUT2D eigenvalue weighted by Crippen LogP contribution is 2.33. The van der Waals surface area contributed by atoms with Gasteiger partial charge in [-0.3, -0.25) is 9.59 Å². The molecular formula is C22H24N6O2. The summed E-state index contributed by atoms with van der Waals surface area (Å²) in [5, 5.41) is 14.0. The van der Waals surface area contributed by atoms with Gasteiger partial charge in [-0.2, -0.15) is 0 Å². The fourth-order valence-electron chi connectivity index (χ4n) is 3.71. The third-order valence-corrected chi connectivity index (χ3v) is 5.62. The van der Waals surface area contributed by atoms with Crippen LogP contribution in [0.5, 0.6) is 0 Å². The van der Waals surface area contributed by atoms with Crippen LogP contribution >= 0.6 is 0 Å².